The van der Waals surface area contributed by atoms with Crippen LogP contribution < -0.4 is 0 Å². The van der Waals surface area contributed by atoms with Gasteiger partial charge in [-0.2, -0.15) is 0 Å². The molecule has 0 aromatic carbocycles. The van der Waals surface area contributed by atoms with E-state index < -0.39 is 0 Å². The standard InChI is InChI=1S/C16H32O3/c1-5-6-9-18-10-11-19-15-12-13(16(2,3)4)7-8-14(15)17/h13-15,17H,5-12H2,1-4H3. The Kier molecular flexibility index (Phi) is 7.33. The Labute approximate surface area is 118 Å². The number of unbranched alkanes of at least 4 members (excludes halogenated alkanes) is 1. The third-order valence-electron chi connectivity index (χ3n) is 4.18. The van der Waals surface area contributed by atoms with Gasteiger partial charge in [0.2, 0.25) is 0 Å². The van der Waals surface area contributed by atoms with Crippen molar-refractivity contribution >= 4 is 0 Å². The molecule has 1 fully saturated rings. The van der Waals surface area contributed by atoms with Crippen molar-refractivity contribution in [2.45, 2.75) is 72.0 Å². The molecule has 0 aromatic rings. The van der Waals surface area contributed by atoms with Crippen LogP contribution in [0.5, 0.6) is 0 Å². The largest absolute Gasteiger partial charge is 0.390 e. The normalized spacial score (nSPS) is 28.6. The van der Waals surface area contributed by atoms with Crippen LogP contribution in [0.25, 0.3) is 0 Å². The second kappa shape index (κ2) is 8.23. The van der Waals surface area contributed by atoms with Crippen molar-refractivity contribution in [3.05, 3.63) is 0 Å². The molecule has 3 unspecified atom stereocenters. The molecule has 1 rings (SSSR count). The molecule has 1 aliphatic carbocycles. The highest BCUT2D eigenvalue weighted by molar-refractivity contribution is 4.86. The Morgan fingerprint density at radius 1 is 1.11 bits per heavy atom. The van der Waals surface area contributed by atoms with Gasteiger partial charge in [-0.05, 0) is 37.0 Å². The molecule has 1 N–H and O–H groups in total. The fraction of sp³-hybridized carbons (Fsp3) is 1.00. The van der Waals surface area contributed by atoms with Crippen LogP contribution in [0.15, 0.2) is 0 Å². The highest BCUT2D eigenvalue weighted by Crippen LogP contribution is 2.38. The van der Waals surface area contributed by atoms with E-state index in [1.807, 2.05) is 0 Å². The molecule has 114 valence electrons. The van der Waals surface area contributed by atoms with Crippen LogP contribution in [-0.2, 0) is 9.47 Å². The predicted molar refractivity (Wildman–Crippen MR) is 78.3 cm³/mol. The first-order valence-electron chi connectivity index (χ1n) is 7.82. The van der Waals surface area contributed by atoms with Gasteiger partial charge in [-0.25, -0.2) is 0 Å². The molecule has 0 aliphatic heterocycles. The van der Waals surface area contributed by atoms with E-state index in [1.54, 1.807) is 0 Å². The van der Waals surface area contributed by atoms with Crippen LogP contribution in [-0.4, -0.2) is 37.1 Å². The van der Waals surface area contributed by atoms with E-state index in [2.05, 4.69) is 27.7 Å². The number of aliphatic hydroxyl groups is 1. The minimum absolute atomic E-state index is 0.00671. The second-order valence-electron chi connectivity index (χ2n) is 6.82. The van der Waals surface area contributed by atoms with E-state index in [4.69, 9.17) is 9.47 Å². The lowest BCUT2D eigenvalue weighted by Crippen LogP contribution is -2.40. The van der Waals surface area contributed by atoms with Gasteiger partial charge in [-0.15, -0.1) is 0 Å². The van der Waals surface area contributed by atoms with Crippen molar-refractivity contribution in [3.63, 3.8) is 0 Å². The molecule has 0 saturated heterocycles. The smallest absolute Gasteiger partial charge is 0.0837 e. The van der Waals surface area contributed by atoms with Gasteiger partial charge in [0.25, 0.3) is 0 Å². The zero-order valence-corrected chi connectivity index (χ0v) is 13.2. The number of hydrogen-bond acceptors (Lipinski definition) is 3. The summed E-state index contributed by atoms with van der Waals surface area (Å²) < 4.78 is 11.3. The van der Waals surface area contributed by atoms with E-state index in [-0.39, 0.29) is 12.2 Å². The van der Waals surface area contributed by atoms with Crippen LogP contribution >= 0.6 is 0 Å². The van der Waals surface area contributed by atoms with Crippen LogP contribution in [0.2, 0.25) is 0 Å². The molecule has 1 saturated carbocycles. The van der Waals surface area contributed by atoms with Gasteiger partial charge >= 0.3 is 0 Å². The fourth-order valence-electron chi connectivity index (χ4n) is 2.69. The van der Waals surface area contributed by atoms with Crippen molar-refractivity contribution in [2.75, 3.05) is 19.8 Å². The molecule has 0 bridgehead atoms. The molecule has 0 amide bonds. The van der Waals surface area contributed by atoms with Crippen molar-refractivity contribution in [2.24, 2.45) is 11.3 Å². The van der Waals surface area contributed by atoms with Crippen LogP contribution in [0.1, 0.15) is 59.8 Å². The molecular weight excluding hydrogens is 240 g/mol. The summed E-state index contributed by atoms with van der Waals surface area (Å²) in [4.78, 5) is 0. The third-order valence-corrected chi connectivity index (χ3v) is 4.18. The number of aliphatic hydroxyl groups excluding tert-OH is 1. The first kappa shape index (κ1) is 16.9. The summed E-state index contributed by atoms with van der Waals surface area (Å²) in [6.45, 7) is 11.1. The highest BCUT2D eigenvalue weighted by atomic mass is 16.5. The summed E-state index contributed by atoms with van der Waals surface area (Å²) in [5.74, 6) is 0.641. The summed E-state index contributed by atoms with van der Waals surface area (Å²) in [6.07, 6.45) is 4.91. The topological polar surface area (TPSA) is 38.7 Å². The van der Waals surface area contributed by atoms with Gasteiger partial charge in [-0.1, -0.05) is 34.1 Å². The molecule has 3 atom stereocenters. The molecule has 0 aromatic heterocycles. The van der Waals surface area contributed by atoms with Gasteiger partial charge in [0.1, 0.15) is 0 Å². The Morgan fingerprint density at radius 3 is 2.47 bits per heavy atom. The lowest BCUT2D eigenvalue weighted by atomic mass is 9.71. The minimum Gasteiger partial charge on any atom is -0.390 e. The molecule has 3 heteroatoms. The maximum Gasteiger partial charge on any atom is 0.0837 e. The number of hydrogen-bond donors (Lipinski definition) is 1. The van der Waals surface area contributed by atoms with Crippen molar-refractivity contribution in [1.29, 1.82) is 0 Å². The first-order valence-corrected chi connectivity index (χ1v) is 7.82. The van der Waals surface area contributed by atoms with Gasteiger partial charge in [0.15, 0.2) is 0 Å². The Hall–Kier alpha value is -0.120. The summed E-state index contributed by atoms with van der Waals surface area (Å²) >= 11 is 0. The molecule has 19 heavy (non-hydrogen) atoms. The predicted octanol–water partition coefficient (Wildman–Crippen LogP) is 3.40. The van der Waals surface area contributed by atoms with E-state index in [0.29, 0.717) is 24.5 Å². The molecule has 1 aliphatic rings. The van der Waals surface area contributed by atoms with Gasteiger partial charge < -0.3 is 14.6 Å². The van der Waals surface area contributed by atoms with Crippen LogP contribution in [0.4, 0.5) is 0 Å². The number of rotatable bonds is 7. The van der Waals surface area contributed by atoms with E-state index in [9.17, 15) is 5.11 Å². The molecule has 0 heterocycles. The first-order chi connectivity index (χ1) is 8.95. The Bertz CT molecular complexity index is 235. The lowest BCUT2D eigenvalue weighted by Gasteiger charge is -2.39. The van der Waals surface area contributed by atoms with Gasteiger partial charge in [0, 0.05) is 6.61 Å². The molecular formula is C16H32O3. The summed E-state index contributed by atoms with van der Waals surface area (Å²) in [5, 5.41) is 10.0. The fourth-order valence-corrected chi connectivity index (χ4v) is 2.69. The second-order valence-corrected chi connectivity index (χ2v) is 6.82. The van der Waals surface area contributed by atoms with Crippen LogP contribution in [0.3, 0.4) is 0 Å². The maximum atomic E-state index is 10.0. The monoisotopic (exact) mass is 272 g/mol. The summed E-state index contributed by atoms with van der Waals surface area (Å²) in [7, 11) is 0. The summed E-state index contributed by atoms with van der Waals surface area (Å²) in [5.41, 5.74) is 0.305. The lowest BCUT2D eigenvalue weighted by molar-refractivity contribution is -0.0947. The minimum atomic E-state index is -0.297. The van der Waals surface area contributed by atoms with Crippen LogP contribution in [0, 0.1) is 11.3 Å². The van der Waals surface area contributed by atoms with Crippen molar-refractivity contribution in [3.8, 4) is 0 Å². The van der Waals surface area contributed by atoms with E-state index in [0.717, 1.165) is 38.7 Å². The average Bonchev–Trinajstić information content (AvgIpc) is 2.34. The Morgan fingerprint density at radius 2 is 1.84 bits per heavy atom. The van der Waals surface area contributed by atoms with Crippen molar-refractivity contribution in [1.82, 2.24) is 0 Å². The molecule has 0 spiro atoms. The van der Waals surface area contributed by atoms with E-state index >= 15 is 0 Å². The molecule has 3 nitrogen and oxygen atoms in total. The maximum absolute atomic E-state index is 10.0. The van der Waals surface area contributed by atoms with Crippen molar-refractivity contribution < 1.29 is 14.6 Å². The van der Waals surface area contributed by atoms with Gasteiger partial charge in [-0.3, -0.25) is 0 Å². The highest BCUT2D eigenvalue weighted by Gasteiger charge is 2.35. The SMILES string of the molecule is CCCCOCCOC1CC(C(C)(C)C)CCC1O. The number of ether oxygens (including phenoxy) is 2. The summed E-state index contributed by atoms with van der Waals surface area (Å²) in [6, 6.07) is 0. The Balaban J connectivity index is 2.23. The third kappa shape index (κ3) is 6.24. The van der Waals surface area contributed by atoms with Gasteiger partial charge in [0.05, 0.1) is 25.4 Å². The zero-order chi connectivity index (χ0) is 14.3. The zero-order valence-electron chi connectivity index (χ0n) is 13.2. The quantitative estimate of drug-likeness (QED) is 0.722. The average molecular weight is 272 g/mol. The molecule has 0 radical (unpaired) electrons. The van der Waals surface area contributed by atoms with E-state index in [1.165, 1.54) is 0 Å².